The number of halogens is 2. The molecule has 162 valence electrons. The largest absolute Gasteiger partial charge is 0.495 e. The fraction of sp³-hybridized carbons (Fsp3) is 0.227. The lowest BCUT2D eigenvalue weighted by atomic mass is 10.2. The maximum Gasteiger partial charge on any atom is 0.242 e. The predicted octanol–water partition coefficient (Wildman–Crippen LogP) is 5.46. The zero-order chi connectivity index (χ0) is 22.5. The van der Waals surface area contributed by atoms with E-state index in [1.54, 1.807) is 30.3 Å². The van der Waals surface area contributed by atoms with E-state index in [4.69, 9.17) is 27.9 Å². The Balaban J connectivity index is 1.77. The molecule has 1 saturated heterocycles. The Morgan fingerprint density at radius 3 is 2.77 bits per heavy atom. The summed E-state index contributed by atoms with van der Waals surface area (Å²) in [5.41, 5.74) is 2.02. The molecule has 0 bridgehead atoms. The van der Waals surface area contributed by atoms with Gasteiger partial charge in [0.1, 0.15) is 11.0 Å². The van der Waals surface area contributed by atoms with Crippen molar-refractivity contribution in [3.05, 3.63) is 64.7 Å². The van der Waals surface area contributed by atoms with Gasteiger partial charge >= 0.3 is 0 Å². The molecule has 0 aliphatic carbocycles. The first-order valence-electron chi connectivity index (χ1n) is 9.39. The van der Waals surface area contributed by atoms with Crippen LogP contribution in [-0.2, 0) is 9.59 Å². The minimum Gasteiger partial charge on any atom is -0.495 e. The summed E-state index contributed by atoms with van der Waals surface area (Å²) in [5.74, 6) is -0.0467. The minimum atomic E-state index is -0.607. The molecular weight excluding hydrogens is 457 g/mol. The summed E-state index contributed by atoms with van der Waals surface area (Å²) in [6.45, 7) is 5.91. The number of aryl methyl sites for hydroxylation is 1. The minimum absolute atomic E-state index is 0.0273. The first-order chi connectivity index (χ1) is 14.8. The number of carbonyl (C=O) groups excluding carboxylic acids is 2. The summed E-state index contributed by atoms with van der Waals surface area (Å²) in [6.07, 6.45) is 1.59. The number of anilines is 1. The third-order valence-corrected chi connectivity index (χ3v) is 6.34. The molecule has 0 aromatic heterocycles. The molecule has 1 heterocycles. The van der Waals surface area contributed by atoms with Crippen molar-refractivity contribution < 1.29 is 14.3 Å². The van der Waals surface area contributed by atoms with Gasteiger partial charge in [0, 0.05) is 23.0 Å². The van der Waals surface area contributed by atoms with Gasteiger partial charge in [-0.15, -0.1) is 6.58 Å². The first-order valence-corrected chi connectivity index (χ1v) is 11.0. The van der Waals surface area contributed by atoms with E-state index in [-0.39, 0.29) is 18.2 Å². The number of hydrogen-bond donors (Lipinski definition) is 1. The summed E-state index contributed by atoms with van der Waals surface area (Å²) in [7, 11) is 1.50. The number of nitrogens with one attached hydrogen (secondary N) is 1. The molecule has 0 unspecified atom stereocenters. The maximum absolute atomic E-state index is 12.9. The Hall–Kier alpha value is -2.48. The highest BCUT2D eigenvalue weighted by Crippen LogP contribution is 2.33. The van der Waals surface area contributed by atoms with Crippen molar-refractivity contribution in [1.82, 2.24) is 4.90 Å². The number of aliphatic imine (C=N–C) groups is 1. The summed E-state index contributed by atoms with van der Waals surface area (Å²) in [5, 5.41) is 3.72. The Labute approximate surface area is 195 Å². The third-order valence-electron chi connectivity index (χ3n) is 4.52. The van der Waals surface area contributed by atoms with Crippen LogP contribution in [0.1, 0.15) is 12.0 Å². The van der Waals surface area contributed by atoms with Gasteiger partial charge in [0.15, 0.2) is 5.17 Å². The van der Waals surface area contributed by atoms with E-state index in [1.165, 1.54) is 23.8 Å². The number of amides is 2. The highest BCUT2D eigenvalue weighted by Gasteiger charge is 2.38. The van der Waals surface area contributed by atoms with Gasteiger partial charge in [-0.3, -0.25) is 14.5 Å². The van der Waals surface area contributed by atoms with Crippen LogP contribution in [0.5, 0.6) is 5.75 Å². The highest BCUT2D eigenvalue weighted by atomic mass is 35.5. The van der Waals surface area contributed by atoms with Crippen molar-refractivity contribution >= 4 is 63.3 Å². The molecule has 1 atom stereocenters. The average Bonchev–Trinajstić information content (AvgIpc) is 3.00. The Morgan fingerprint density at radius 2 is 2.10 bits per heavy atom. The number of amidine groups is 1. The first kappa shape index (κ1) is 23.2. The summed E-state index contributed by atoms with van der Waals surface area (Å²) in [6, 6.07) is 10.4. The number of nitrogens with zero attached hydrogens (tertiary/aromatic N) is 2. The number of carbonyl (C=O) groups is 2. The average molecular weight is 478 g/mol. The molecule has 2 aromatic rings. The smallest absolute Gasteiger partial charge is 0.242 e. The van der Waals surface area contributed by atoms with Gasteiger partial charge in [-0.25, -0.2) is 4.99 Å². The van der Waals surface area contributed by atoms with Crippen LogP contribution in [0.3, 0.4) is 0 Å². The Bertz CT molecular complexity index is 1060. The van der Waals surface area contributed by atoms with Gasteiger partial charge in [-0.05, 0) is 42.8 Å². The van der Waals surface area contributed by atoms with Gasteiger partial charge in [0.25, 0.3) is 0 Å². The number of rotatable bonds is 7. The van der Waals surface area contributed by atoms with E-state index < -0.39 is 5.25 Å². The number of ether oxygens (including phenoxy) is 1. The molecule has 1 fully saturated rings. The lowest BCUT2D eigenvalue weighted by molar-refractivity contribution is -0.127. The van der Waals surface area contributed by atoms with Crippen molar-refractivity contribution in [2.75, 3.05) is 19.0 Å². The van der Waals surface area contributed by atoms with Gasteiger partial charge < -0.3 is 10.1 Å². The molecule has 1 aliphatic heterocycles. The van der Waals surface area contributed by atoms with E-state index in [2.05, 4.69) is 16.9 Å². The Kier molecular flexibility index (Phi) is 7.64. The lowest BCUT2D eigenvalue weighted by Crippen LogP contribution is -2.33. The molecule has 6 nitrogen and oxygen atoms in total. The molecule has 1 N–H and O–H groups in total. The molecule has 3 rings (SSSR count). The van der Waals surface area contributed by atoms with Gasteiger partial charge in [-0.2, -0.15) is 0 Å². The topological polar surface area (TPSA) is 71.0 Å². The van der Waals surface area contributed by atoms with Crippen LogP contribution in [0.4, 0.5) is 11.4 Å². The second-order valence-corrected chi connectivity index (χ2v) is 8.78. The fourth-order valence-corrected chi connectivity index (χ4v) is 4.45. The van der Waals surface area contributed by atoms with Crippen LogP contribution < -0.4 is 10.1 Å². The molecule has 2 amide bonds. The van der Waals surface area contributed by atoms with E-state index in [0.717, 1.165) is 5.56 Å². The molecule has 0 radical (unpaired) electrons. The van der Waals surface area contributed by atoms with Crippen LogP contribution in [0.15, 0.2) is 54.0 Å². The van der Waals surface area contributed by atoms with Gasteiger partial charge in [0.2, 0.25) is 11.8 Å². The van der Waals surface area contributed by atoms with E-state index in [9.17, 15) is 9.59 Å². The molecule has 2 aromatic carbocycles. The van der Waals surface area contributed by atoms with Crippen LogP contribution in [0.25, 0.3) is 0 Å². The summed E-state index contributed by atoms with van der Waals surface area (Å²) >= 11 is 13.4. The summed E-state index contributed by atoms with van der Waals surface area (Å²) < 4.78 is 5.25. The predicted molar refractivity (Wildman–Crippen MR) is 128 cm³/mol. The number of thioether (sulfide) groups is 1. The second kappa shape index (κ2) is 10.2. The number of hydrogen-bond acceptors (Lipinski definition) is 5. The molecule has 0 spiro atoms. The SMILES string of the molecule is C=CCN1C(=O)[C@H](CC(=O)Nc2cc(Cl)ccc2OC)SC1=Nc1ccc(C)c(Cl)c1. The molecular formula is C22H21Cl2N3O3S. The second-order valence-electron chi connectivity index (χ2n) is 6.77. The fourth-order valence-electron chi connectivity index (χ4n) is 2.93. The standard InChI is InChI=1S/C22H21Cl2N3O3S/c1-4-9-27-21(29)19(31-22(27)25-15-7-5-13(2)16(24)11-15)12-20(28)26-17-10-14(23)6-8-18(17)30-3/h4-8,10-11,19H,1,9,12H2,2-3H3,(H,26,28)/t19-/m0/s1. The zero-order valence-electron chi connectivity index (χ0n) is 17.0. The van der Waals surface area contributed by atoms with Crippen LogP contribution in [0, 0.1) is 6.92 Å². The molecule has 9 heteroatoms. The van der Waals surface area contributed by atoms with Crippen LogP contribution >= 0.6 is 35.0 Å². The molecule has 1 aliphatic rings. The quantitative estimate of drug-likeness (QED) is 0.537. The van der Waals surface area contributed by atoms with Crippen molar-refractivity contribution in [2.45, 2.75) is 18.6 Å². The Morgan fingerprint density at radius 1 is 1.32 bits per heavy atom. The third kappa shape index (κ3) is 5.61. The van der Waals surface area contributed by atoms with Crippen molar-refractivity contribution in [2.24, 2.45) is 4.99 Å². The number of methoxy groups -OCH3 is 1. The molecule has 0 saturated carbocycles. The molecule has 31 heavy (non-hydrogen) atoms. The van der Waals surface area contributed by atoms with E-state index in [1.807, 2.05) is 19.1 Å². The maximum atomic E-state index is 12.9. The van der Waals surface area contributed by atoms with Gasteiger partial charge in [-0.1, -0.05) is 47.1 Å². The van der Waals surface area contributed by atoms with Gasteiger partial charge in [0.05, 0.1) is 18.5 Å². The highest BCUT2D eigenvalue weighted by molar-refractivity contribution is 8.15. The van der Waals surface area contributed by atoms with Crippen LogP contribution in [0.2, 0.25) is 10.0 Å². The lowest BCUT2D eigenvalue weighted by Gasteiger charge is -2.14. The van der Waals surface area contributed by atoms with E-state index in [0.29, 0.717) is 38.9 Å². The normalized spacial score (nSPS) is 17.2. The van der Waals surface area contributed by atoms with E-state index >= 15 is 0 Å². The number of benzene rings is 2. The zero-order valence-corrected chi connectivity index (χ0v) is 19.4. The van der Waals surface area contributed by atoms with Crippen LogP contribution in [-0.4, -0.2) is 40.8 Å². The monoisotopic (exact) mass is 477 g/mol. The van der Waals surface area contributed by atoms with Crippen molar-refractivity contribution in [1.29, 1.82) is 0 Å². The summed E-state index contributed by atoms with van der Waals surface area (Å²) in [4.78, 5) is 31.6. The van der Waals surface area contributed by atoms with Crippen molar-refractivity contribution in [3.63, 3.8) is 0 Å². The van der Waals surface area contributed by atoms with Crippen molar-refractivity contribution in [3.8, 4) is 5.75 Å².